The number of rotatable bonds is 8. The molecule has 3 aromatic carbocycles. The molecule has 0 fully saturated rings. The standard InChI is InChI=1S/C32H31/c1-5-11-27-21-29(16-15-23(27)4)32(30(7-3)24-13-9-8-10-14-24)26-19-17-25(18-20-26)31-22-28(31)12-6-2/h8-11,13-22H,1,6-7,12H2,2-4H3/b32-30+. The van der Waals surface area contributed by atoms with Crippen LogP contribution >= 0.6 is 0 Å². The zero-order valence-corrected chi connectivity index (χ0v) is 19.4. The molecule has 0 amide bonds. The average molecular weight is 416 g/mol. The number of benzene rings is 3. The van der Waals surface area contributed by atoms with Gasteiger partial charge in [-0.1, -0.05) is 105 Å². The molecule has 0 spiro atoms. The van der Waals surface area contributed by atoms with Crippen molar-refractivity contribution < 1.29 is 0 Å². The Kier molecular flexibility index (Phi) is 6.74. The maximum Gasteiger partial charge on any atom is 0.0514 e. The van der Waals surface area contributed by atoms with Gasteiger partial charge in [-0.15, -0.1) is 5.73 Å². The minimum absolute atomic E-state index is 0.960. The summed E-state index contributed by atoms with van der Waals surface area (Å²) in [6.07, 6.45) is 7.63. The predicted molar refractivity (Wildman–Crippen MR) is 139 cm³/mol. The topological polar surface area (TPSA) is 0 Å². The van der Waals surface area contributed by atoms with Crippen LogP contribution in [0.2, 0.25) is 0 Å². The minimum Gasteiger partial charge on any atom is -0.128 e. The van der Waals surface area contributed by atoms with Gasteiger partial charge < -0.3 is 0 Å². The van der Waals surface area contributed by atoms with Crippen molar-refractivity contribution in [3.8, 4) is 0 Å². The molecule has 0 saturated heterocycles. The Hall–Kier alpha value is -3.34. The Morgan fingerprint density at radius 3 is 2.25 bits per heavy atom. The van der Waals surface area contributed by atoms with Crippen LogP contribution in [0.4, 0.5) is 0 Å². The monoisotopic (exact) mass is 415 g/mol. The lowest BCUT2D eigenvalue weighted by atomic mass is 9.86. The molecule has 0 aliphatic heterocycles. The summed E-state index contributed by atoms with van der Waals surface area (Å²) in [6, 6.07) is 26.6. The fraction of sp³-hybridized carbons (Fsp3) is 0.188. The van der Waals surface area contributed by atoms with Crippen LogP contribution in [0.5, 0.6) is 0 Å². The highest BCUT2D eigenvalue weighted by atomic mass is 14.3. The van der Waals surface area contributed by atoms with Crippen molar-refractivity contribution >= 4 is 17.2 Å². The number of hydrogen-bond acceptors (Lipinski definition) is 0. The van der Waals surface area contributed by atoms with E-state index in [1.54, 1.807) is 0 Å². The largest absolute Gasteiger partial charge is 0.128 e. The van der Waals surface area contributed by atoms with Crippen LogP contribution in [0.15, 0.2) is 96.8 Å². The first-order valence-corrected chi connectivity index (χ1v) is 11.6. The second-order valence-electron chi connectivity index (χ2n) is 8.40. The van der Waals surface area contributed by atoms with E-state index in [9.17, 15) is 0 Å². The van der Waals surface area contributed by atoms with Crippen LogP contribution in [-0.2, 0) is 0 Å². The second kappa shape index (κ2) is 9.86. The molecule has 0 atom stereocenters. The van der Waals surface area contributed by atoms with E-state index in [0.717, 1.165) is 12.0 Å². The molecule has 0 aromatic heterocycles. The zero-order chi connectivity index (χ0) is 22.5. The molecular formula is C32H31. The summed E-state index contributed by atoms with van der Waals surface area (Å²) < 4.78 is 0. The Labute approximate surface area is 193 Å². The van der Waals surface area contributed by atoms with E-state index in [4.69, 9.17) is 0 Å². The van der Waals surface area contributed by atoms with Gasteiger partial charge in [0, 0.05) is 0 Å². The molecule has 0 N–H and O–H groups in total. The Morgan fingerprint density at radius 2 is 1.59 bits per heavy atom. The van der Waals surface area contributed by atoms with Crippen LogP contribution in [0.25, 0.3) is 17.2 Å². The normalized spacial score (nSPS) is 13.8. The molecule has 4 rings (SSSR count). The van der Waals surface area contributed by atoms with Crippen molar-refractivity contribution in [2.75, 3.05) is 0 Å². The molecule has 0 heteroatoms. The second-order valence-corrected chi connectivity index (χ2v) is 8.40. The molecule has 0 bridgehead atoms. The summed E-state index contributed by atoms with van der Waals surface area (Å²) in [5, 5.41) is 0. The van der Waals surface area contributed by atoms with Gasteiger partial charge in [0.25, 0.3) is 0 Å². The van der Waals surface area contributed by atoms with Gasteiger partial charge in [-0.25, -0.2) is 0 Å². The Balaban J connectivity index is 1.83. The lowest BCUT2D eigenvalue weighted by molar-refractivity contribution is 0.934. The van der Waals surface area contributed by atoms with Gasteiger partial charge in [0.05, 0.1) is 5.92 Å². The van der Waals surface area contributed by atoms with Crippen LogP contribution in [0.3, 0.4) is 0 Å². The first kappa shape index (κ1) is 21.9. The third-order valence-corrected chi connectivity index (χ3v) is 6.19. The average Bonchev–Trinajstić information content (AvgIpc) is 3.59. The van der Waals surface area contributed by atoms with Gasteiger partial charge in [0.1, 0.15) is 0 Å². The Bertz CT molecular complexity index is 1200. The first-order chi connectivity index (χ1) is 15.7. The van der Waals surface area contributed by atoms with Crippen LogP contribution in [0.1, 0.15) is 66.5 Å². The van der Waals surface area contributed by atoms with Crippen molar-refractivity contribution in [2.45, 2.75) is 40.0 Å². The van der Waals surface area contributed by atoms with Gasteiger partial charge in [0.2, 0.25) is 0 Å². The van der Waals surface area contributed by atoms with Crippen LogP contribution < -0.4 is 0 Å². The maximum atomic E-state index is 3.78. The maximum absolute atomic E-state index is 3.78. The molecule has 0 nitrogen and oxygen atoms in total. The van der Waals surface area contributed by atoms with Gasteiger partial charge in [-0.3, -0.25) is 0 Å². The van der Waals surface area contributed by atoms with E-state index in [1.165, 1.54) is 63.3 Å². The molecule has 0 heterocycles. The highest BCUT2D eigenvalue weighted by Crippen LogP contribution is 2.42. The number of hydrogen-bond donors (Lipinski definition) is 0. The van der Waals surface area contributed by atoms with Crippen molar-refractivity contribution in [1.29, 1.82) is 0 Å². The van der Waals surface area contributed by atoms with E-state index in [0.29, 0.717) is 0 Å². The summed E-state index contributed by atoms with van der Waals surface area (Å²) in [7, 11) is 0. The molecule has 3 aromatic rings. The summed E-state index contributed by atoms with van der Waals surface area (Å²) in [4.78, 5) is 0. The molecule has 1 radical (unpaired) electrons. The lowest BCUT2D eigenvalue weighted by Crippen LogP contribution is -1.97. The molecule has 0 saturated carbocycles. The SMILES string of the molecule is C=C=Cc1cc(/C(=C(\CC)c2ccccc2)c2ccc([C]3C=C3CCC)cc2)ccc1C. The van der Waals surface area contributed by atoms with E-state index in [1.807, 2.05) is 6.08 Å². The van der Waals surface area contributed by atoms with E-state index in [-0.39, 0.29) is 0 Å². The summed E-state index contributed by atoms with van der Waals surface area (Å²) >= 11 is 0. The van der Waals surface area contributed by atoms with E-state index >= 15 is 0 Å². The van der Waals surface area contributed by atoms with Gasteiger partial charge in [-0.2, -0.15) is 0 Å². The van der Waals surface area contributed by atoms with Gasteiger partial charge in [0.15, 0.2) is 0 Å². The first-order valence-electron chi connectivity index (χ1n) is 11.6. The van der Waals surface area contributed by atoms with E-state index < -0.39 is 0 Å². The summed E-state index contributed by atoms with van der Waals surface area (Å²) in [6.45, 7) is 10.4. The fourth-order valence-electron chi connectivity index (χ4n) is 4.44. The molecular weight excluding hydrogens is 384 g/mol. The van der Waals surface area contributed by atoms with Crippen LogP contribution in [-0.4, -0.2) is 0 Å². The van der Waals surface area contributed by atoms with Crippen molar-refractivity contribution in [3.05, 3.63) is 136 Å². The molecule has 1 aliphatic carbocycles. The van der Waals surface area contributed by atoms with Gasteiger partial charge in [-0.05, 0) is 76.4 Å². The highest BCUT2D eigenvalue weighted by molar-refractivity contribution is 5.99. The van der Waals surface area contributed by atoms with Crippen molar-refractivity contribution in [1.82, 2.24) is 0 Å². The summed E-state index contributed by atoms with van der Waals surface area (Å²) in [5.41, 5.74) is 14.6. The molecule has 159 valence electrons. The van der Waals surface area contributed by atoms with Gasteiger partial charge >= 0.3 is 0 Å². The Morgan fingerprint density at radius 1 is 0.875 bits per heavy atom. The lowest BCUT2D eigenvalue weighted by Gasteiger charge is -2.18. The highest BCUT2D eigenvalue weighted by Gasteiger charge is 2.26. The van der Waals surface area contributed by atoms with Crippen LogP contribution in [0, 0.1) is 12.8 Å². The number of allylic oxidation sites excluding steroid dienone is 3. The third-order valence-electron chi connectivity index (χ3n) is 6.19. The fourth-order valence-corrected chi connectivity index (χ4v) is 4.44. The van der Waals surface area contributed by atoms with E-state index in [2.05, 4.69) is 112 Å². The smallest absolute Gasteiger partial charge is 0.0514 e. The molecule has 1 aliphatic rings. The molecule has 0 unspecified atom stereocenters. The molecule has 32 heavy (non-hydrogen) atoms. The van der Waals surface area contributed by atoms with Crippen molar-refractivity contribution in [2.24, 2.45) is 0 Å². The zero-order valence-electron chi connectivity index (χ0n) is 19.4. The minimum atomic E-state index is 0.960. The summed E-state index contributed by atoms with van der Waals surface area (Å²) in [5.74, 6) is 1.43. The third kappa shape index (κ3) is 4.62. The van der Waals surface area contributed by atoms with Crippen molar-refractivity contribution in [3.63, 3.8) is 0 Å². The number of aryl methyl sites for hydroxylation is 1. The predicted octanol–water partition coefficient (Wildman–Crippen LogP) is 8.82. The quantitative estimate of drug-likeness (QED) is 0.255.